The van der Waals surface area contributed by atoms with E-state index in [-0.39, 0.29) is 5.91 Å². The predicted octanol–water partition coefficient (Wildman–Crippen LogP) is 5.51. The van der Waals surface area contributed by atoms with Crippen LogP contribution in [0.5, 0.6) is 0 Å². The van der Waals surface area contributed by atoms with Crippen LogP contribution in [0.3, 0.4) is 0 Å². The van der Waals surface area contributed by atoms with Crippen molar-refractivity contribution in [1.29, 1.82) is 0 Å². The lowest BCUT2D eigenvalue weighted by atomic mass is 10.2. The van der Waals surface area contributed by atoms with Crippen molar-refractivity contribution in [2.45, 2.75) is 0 Å². The van der Waals surface area contributed by atoms with Crippen LogP contribution in [0.25, 0.3) is 10.9 Å². The number of fused-ring (bicyclic) bond motifs is 1. The highest BCUT2D eigenvalue weighted by Gasteiger charge is 2.18. The molecule has 31 heavy (non-hydrogen) atoms. The van der Waals surface area contributed by atoms with E-state index in [0.717, 1.165) is 47.2 Å². The van der Waals surface area contributed by atoms with Crippen molar-refractivity contribution < 1.29 is 4.79 Å². The minimum atomic E-state index is -0.132. The van der Waals surface area contributed by atoms with Gasteiger partial charge in [-0.3, -0.25) is 4.79 Å². The maximum atomic E-state index is 12.6. The molecule has 2 N–H and O–H groups in total. The zero-order valence-corrected chi connectivity index (χ0v) is 18.6. The summed E-state index contributed by atoms with van der Waals surface area (Å²) in [7, 11) is 0. The first-order valence-electron chi connectivity index (χ1n) is 10.4. The number of amides is 1. The summed E-state index contributed by atoms with van der Waals surface area (Å²) in [6.07, 6.45) is 0. The Kier molecular flexibility index (Phi) is 5.38. The Bertz CT molecular complexity index is 1160. The summed E-state index contributed by atoms with van der Waals surface area (Å²) in [5, 5.41) is 4.01. The number of aromatic amines is 1. The largest absolute Gasteiger partial charge is 0.368 e. The zero-order chi connectivity index (χ0) is 21.2. The Morgan fingerprint density at radius 3 is 2.00 bits per heavy atom. The zero-order valence-electron chi connectivity index (χ0n) is 17.0. The molecule has 2 heterocycles. The van der Waals surface area contributed by atoms with Crippen LogP contribution in [0.15, 0.2) is 83.3 Å². The molecule has 1 saturated heterocycles. The van der Waals surface area contributed by atoms with Gasteiger partial charge in [0.2, 0.25) is 0 Å². The minimum absolute atomic E-state index is 0.132. The van der Waals surface area contributed by atoms with Crippen molar-refractivity contribution in [2.75, 3.05) is 41.3 Å². The summed E-state index contributed by atoms with van der Waals surface area (Å²) in [4.78, 5) is 20.6. The van der Waals surface area contributed by atoms with Crippen LogP contribution in [-0.2, 0) is 0 Å². The number of anilines is 3. The summed E-state index contributed by atoms with van der Waals surface area (Å²) in [5.74, 6) is -0.132. The van der Waals surface area contributed by atoms with Gasteiger partial charge in [-0.25, -0.2) is 0 Å². The summed E-state index contributed by atoms with van der Waals surface area (Å²) < 4.78 is 1.10. The third kappa shape index (κ3) is 4.30. The molecule has 4 aromatic rings. The first-order chi connectivity index (χ1) is 15.2. The van der Waals surface area contributed by atoms with Gasteiger partial charge in [0.1, 0.15) is 5.69 Å². The maximum absolute atomic E-state index is 12.6. The Morgan fingerprint density at radius 2 is 1.39 bits per heavy atom. The fourth-order valence-electron chi connectivity index (χ4n) is 4.02. The molecular formula is C25H23BrN4O. The molecule has 1 aliphatic rings. The van der Waals surface area contributed by atoms with Crippen molar-refractivity contribution in [1.82, 2.24) is 4.98 Å². The third-order valence-electron chi connectivity index (χ3n) is 5.74. The smallest absolute Gasteiger partial charge is 0.272 e. The molecule has 0 bridgehead atoms. The minimum Gasteiger partial charge on any atom is -0.368 e. The molecule has 0 spiro atoms. The number of para-hydroxylation sites is 1. The van der Waals surface area contributed by atoms with Gasteiger partial charge in [0.15, 0.2) is 0 Å². The predicted molar refractivity (Wildman–Crippen MR) is 131 cm³/mol. The molecule has 0 saturated carbocycles. The third-order valence-corrected chi connectivity index (χ3v) is 6.27. The molecule has 3 aromatic carbocycles. The van der Waals surface area contributed by atoms with Gasteiger partial charge >= 0.3 is 0 Å². The average Bonchev–Trinajstić information content (AvgIpc) is 3.25. The van der Waals surface area contributed by atoms with Gasteiger partial charge in [-0.15, -0.1) is 0 Å². The topological polar surface area (TPSA) is 51.4 Å². The van der Waals surface area contributed by atoms with Crippen LogP contribution >= 0.6 is 15.9 Å². The summed E-state index contributed by atoms with van der Waals surface area (Å²) in [6.45, 7) is 3.91. The van der Waals surface area contributed by atoms with E-state index in [1.54, 1.807) is 0 Å². The highest BCUT2D eigenvalue weighted by atomic mass is 79.9. The van der Waals surface area contributed by atoms with Crippen molar-refractivity contribution >= 4 is 49.8 Å². The van der Waals surface area contributed by atoms with Gasteiger partial charge in [-0.1, -0.05) is 34.1 Å². The molecule has 0 aliphatic carbocycles. The van der Waals surface area contributed by atoms with Gasteiger partial charge in [0, 0.05) is 58.6 Å². The van der Waals surface area contributed by atoms with E-state index >= 15 is 0 Å². The van der Waals surface area contributed by atoms with Crippen molar-refractivity contribution in [3.63, 3.8) is 0 Å². The molecule has 1 aliphatic heterocycles. The molecular weight excluding hydrogens is 452 g/mol. The molecule has 0 atom stereocenters. The number of piperazine rings is 1. The Hall–Kier alpha value is -3.25. The van der Waals surface area contributed by atoms with Gasteiger partial charge in [0.05, 0.1) is 0 Å². The average molecular weight is 475 g/mol. The van der Waals surface area contributed by atoms with E-state index in [0.29, 0.717) is 5.69 Å². The number of carbonyl (C=O) groups is 1. The molecule has 6 heteroatoms. The van der Waals surface area contributed by atoms with Gasteiger partial charge in [-0.2, -0.15) is 0 Å². The number of benzene rings is 3. The van der Waals surface area contributed by atoms with Crippen LogP contribution in [0, 0.1) is 0 Å². The van der Waals surface area contributed by atoms with E-state index in [1.807, 2.05) is 42.5 Å². The lowest BCUT2D eigenvalue weighted by Crippen LogP contribution is -2.46. The molecule has 1 fully saturated rings. The molecule has 0 unspecified atom stereocenters. The number of H-pyrrole nitrogens is 1. The number of aromatic nitrogens is 1. The van der Waals surface area contributed by atoms with Crippen LogP contribution < -0.4 is 15.1 Å². The fraction of sp³-hybridized carbons (Fsp3) is 0.160. The number of nitrogens with one attached hydrogen (secondary N) is 2. The molecule has 1 aromatic heterocycles. The number of halogens is 1. The van der Waals surface area contributed by atoms with Crippen molar-refractivity contribution in [3.8, 4) is 0 Å². The van der Waals surface area contributed by atoms with Crippen molar-refractivity contribution in [3.05, 3.63) is 89.0 Å². The SMILES string of the molecule is O=C(Nc1ccc(N2CCN(c3ccc(Br)cc3)CC2)cc1)c1cc2ccccc2[nH]1. The number of carbonyl (C=O) groups excluding carboxylic acids is 1. The van der Waals surface area contributed by atoms with Crippen LogP contribution in [-0.4, -0.2) is 37.1 Å². The lowest BCUT2D eigenvalue weighted by molar-refractivity contribution is 0.102. The summed E-state index contributed by atoms with van der Waals surface area (Å²) >= 11 is 3.50. The number of nitrogens with zero attached hydrogens (tertiary/aromatic N) is 2. The molecule has 5 rings (SSSR count). The molecule has 5 nitrogen and oxygen atoms in total. The second kappa shape index (κ2) is 8.47. The quantitative estimate of drug-likeness (QED) is 0.409. The monoisotopic (exact) mass is 474 g/mol. The first-order valence-corrected chi connectivity index (χ1v) is 11.2. The van der Waals surface area contributed by atoms with E-state index in [9.17, 15) is 4.79 Å². The molecule has 1 amide bonds. The standard InChI is InChI=1S/C25H23BrN4O/c26-19-5-9-21(10-6-19)29-13-15-30(16-14-29)22-11-7-20(8-12-22)27-25(31)24-17-18-3-1-2-4-23(18)28-24/h1-12,17,28H,13-16H2,(H,27,31). The van der Waals surface area contributed by atoms with E-state index in [1.165, 1.54) is 11.4 Å². The second-order valence-electron chi connectivity index (χ2n) is 7.72. The maximum Gasteiger partial charge on any atom is 0.272 e. The van der Waals surface area contributed by atoms with Crippen LogP contribution in [0.1, 0.15) is 10.5 Å². The Balaban J connectivity index is 1.20. The second-order valence-corrected chi connectivity index (χ2v) is 8.64. The number of hydrogen-bond donors (Lipinski definition) is 2. The molecule has 156 valence electrons. The Labute approximate surface area is 189 Å². The lowest BCUT2D eigenvalue weighted by Gasteiger charge is -2.37. The van der Waals surface area contributed by atoms with Gasteiger partial charge in [-0.05, 0) is 60.7 Å². The summed E-state index contributed by atoms with van der Waals surface area (Å²) in [5.41, 5.74) is 4.76. The first kappa shape index (κ1) is 19.7. The normalized spacial score (nSPS) is 14.1. The van der Waals surface area contributed by atoms with Crippen LogP contribution in [0.2, 0.25) is 0 Å². The Morgan fingerprint density at radius 1 is 0.806 bits per heavy atom. The number of hydrogen-bond acceptors (Lipinski definition) is 3. The van der Waals surface area contributed by atoms with E-state index < -0.39 is 0 Å². The van der Waals surface area contributed by atoms with Crippen LogP contribution in [0.4, 0.5) is 17.1 Å². The number of rotatable bonds is 4. The molecule has 0 radical (unpaired) electrons. The van der Waals surface area contributed by atoms with E-state index in [2.05, 4.69) is 72.4 Å². The van der Waals surface area contributed by atoms with Crippen molar-refractivity contribution in [2.24, 2.45) is 0 Å². The highest BCUT2D eigenvalue weighted by Crippen LogP contribution is 2.24. The van der Waals surface area contributed by atoms with E-state index in [4.69, 9.17) is 0 Å². The summed E-state index contributed by atoms with van der Waals surface area (Å²) in [6, 6.07) is 26.4. The van der Waals surface area contributed by atoms with Gasteiger partial charge < -0.3 is 20.1 Å². The highest BCUT2D eigenvalue weighted by molar-refractivity contribution is 9.10. The van der Waals surface area contributed by atoms with Gasteiger partial charge in [0.25, 0.3) is 5.91 Å². The fourth-order valence-corrected chi connectivity index (χ4v) is 4.29.